The summed E-state index contributed by atoms with van der Waals surface area (Å²) in [5.74, 6) is -0.870. The Morgan fingerprint density at radius 1 is 1.41 bits per heavy atom. The van der Waals surface area contributed by atoms with E-state index >= 15 is 0 Å². The fourth-order valence-electron chi connectivity index (χ4n) is 1.91. The molecular formula is C11H22N2O3S. The lowest BCUT2D eigenvalue weighted by atomic mass is 10.1. The van der Waals surface area contributed by atoms with Gasteiger partial charge in [0.15, 0.2) is 9.84 Å². The quantitative estimate of drug-likeness (QED) is 0.739. The number of amides is 1. The molecule has 1 rings (SSSR count). The summed E-state index contributed by atoms with van der Waals surface area (Å²) in [5.41, 5.74) is 4.88. The molecule has 1 fully saturated rings. The molecule has 100 valence electrons. The van der Waals surface area contributed by atoms with Gasteiger partial charge in [-0.3, -0.25) is 4.79 Å². The van der Waals surface area contributed by atoms with Crippen LogP contribution in [0.2, 0.25) is 0 Å². The summed E-state index contributed by atoms with van der Waals surface area (Å²) >= 11 is 0. The Morgan fingerprint density at radius 3 is 2.29 bits per heavy atom. The molecule has 1 aliphatic carbocycles. The first-order valence-corrected chi connectivity index (χ1v) is 7.75. The fraction of sp³-hybridized carbons (Fsp3) is 0.909. The van der Waals surface area contributed by atoms with E-state index in [1.54, 1.807) is 18.7 Å². The van der Waals surface area contributed by atoms with Crippen LogP contribution in [0, 0.1) is 0 Å². The first kappa shape index (κ1) is 14.4. The topological polar surface area (TPSA) is 80.5 Å². The van der Waals surface area contributed by atoms with Gasteiger partial charge in [0.05, 0.1) is 5.75 Å². The summed E-state index contributed by atoms with van der Waals surface area (Å²) in [4.78, 5) is 13.5. The number of sulfone groups is 1. The van der Waals surface area contributed by atoms with E-state index in [1.807, 2.05) is 6.92 Å². The van der Waals surface area contributed by atoms with Crippen LogP contribution in [0.5, 0.6) is 0 Å². The van der Waals surface area contributed by atoms with Gasteiger partial charge >= 0.3 is 0 Å². The Morgan fingerprint density at radius 2 is 1.94 bits per heavy atom. The maximum Gasteiger partial charge on any atom is 0.238 e. The molecule has 0 aromatic heterocycles. The summed E-state index contributed by atoms with van der Waals surface area (Å²) in [6.45, 7) is 5.74. The molecule has 0 saturated heterocycles. The maximum absolute atomic E-state index is 11.9. The predicted octanol–water partition coefficient (Wildman–Crippen LogP) is 0.149. The molecule has 0 bridgehead atoms. The summed E-state index contributed by atoms with van der Waals surface area (Å²) in [6.07, 6.45) is 1.98. The van der Waals surface area contributed by atoms with Crippen LogP contribution in [0.3, 0.4) is 0 Å². The molecule has 17 heavy (non-hydrogen) atoms. The van der Waals surface area contributed by atoms with E-state index in [0.29, 0.717) is 6.54 Å². The summed E-state index contributed by atoms with van der Waals surface area (Å²) in [6, 6.07) is 0.258. The van der Waals surface area contributed by atoms with Gasteiger partial charge in [-0.2, -0.15) is 0 Å². The molecule has 0 aromatic carbocycles. The van der Waals surface area contributed by atoms with Crippen molar-refractivity contribution in [2.24, 2.45) is 5.73 Å². The highest BCUT2D eigenvalue weighted by molar-refractivity contribution is 7.92. The van der Waals surface area contributed by atoms with Crippen LogP contribution in [0.15, 0.2) is 0 Å². The third kappa shape index (κ3) is 5.04. The van der Waals surface area contributed by atoms with Gasteiger partial charge in [-0.1, -0.05) is 0 Å². The maximum atomic E-state index is 11.9. The van der Waals surface area contributed by atoms with Crippen LogP contribution in [0.1, 0.15) is 33.6 Å². The molecule has 2 N–H and O–H groups in total. The Bertz CT molecular complexity index is 380. The Labute approximate surface area is 103 Å². The van der Waals surface area contributed by atoms with Gasteiger partial charge in [0, 0.05) is 18.1 Å². The van der Waals surface area contributed by atoms with Crippen LogP contribution in [0.4, 0.5) is 0 Å². The standard InChI is InChI=1S/C11H22N2O3S/c1-4-13(9-5-6-9)10(14)7-17(15,16)8-11(2,3)12/h9H,4-8,12H2,1-3H3. The molecule has 0 spiro atoms. The third-order valence-electron chi connectivity index (χ3n) is 2.58. The average molecular weight is 262 g/mol. The molecule has 1 saturated carbocycles. The van der Waals surface area contributed by atoms with Crippen molar-refractivity contribution in [1.82, 2.24) is 4.90 Å². The lowest BCUT2D eigenvalue weighted by Gasteiger charge is -2.22. The summed E-state index contributed by atoms with van der Waals surface area (Å²) < 4.78 is 23.6. The van der Waals surface area contributed by atoms with Crippen LogP contribution < -0.4 is 5.73 Å². The molecule has 0 radical (unpaired) electrons. The number of carbonyl (C=O) groups is 1. The van der Waals surface area contributed by atoms with E-state index in [4.69, 9.17) is 5.73 Å². The lowest BCUT2D eigenvalue weighted by molar-refractivity contribution is -0.128. The first-order valence-electron chi connectivity index (χ1n) is 5.93. The van der Waals surface area contributed by atoms with Crippen molar-refractivity contribution in [2.45, 2.75) is 45.2 Å². The molecule has 6 heteroatoms. The first-order chi connectivity index (χ1) is 7.64. The average Bonchev–Trinajstić information content (AvgIpc) is 2.82. The van der Waals surface area contributed by atoms with Crippen molar-refractivity contribution < 1.29 is 13.2 Å². The van der Waals surface area contributed by atoms with Crippen LogP contribution in [0.25, 0.3) is 0 Å². The van der Waals surface area contributed by atoms with E-state index in [1.165, 1.54) is 0 Å². The monoisotopic (exact) mass is 262 g/mol. The predicted molar refractivity (Wildman–Crippen MR) is 67.3 cm³/mol. The molecule has 5 nitrogen and oxygen atoms in total. The Kier molecular flexibility index (Phi) is 4.19. The van der Waals surface area contributed by atoms with Gasteiger partial charge in [-0.15, -0.1) is 0 Å². The zero-order chi connectivity index (χ0) is 13.3. The molecule has 0 aliphatic heterocycles. The normalized spacial score (nSPS) is 16.9. The molecule has 0 heterocycles. The zero-order valence-corrected chi connectivity index (χ0v) is 11.6. The van der Waals surface area contributed by atoms with Crippen LogP contribution in [-0.2, 0) is 14.6 Å². The second kappa shape index (κ2) is 4.94. The smallest absolute Gasteiger partial charge is 0.238 e. The molecule has 0 atom stereocenters. The van der Waals surface area contributed by atoms with Crippen molar-refractivity contribution in [3.8, 4) is 0 Å². The van der Waals surface area contributed by atoms with Gasteiger partial charge in [0.2, 0.25) is 5.91 Å². The van der Waals surface area contributed by atoms with Gasteiger partial charge in [0.1, 0.15) is 5.75 Å². The molecule has 0 unspecified atom stereocenters. The minimum absolute atomic E-state index is 0.159. The zero-order valence-electron chi connectivity index (χ0n) is 10.8. The molecule has 1 amide bonds. The number of hydrogen-bond donors (Lipinski definition) is 1. The number of carbonyl (C=O) groups excluding carboxylic acids is 1. The van der Waals surface area contributed by atoms with Crippen molar-refractivity contribution in [3.05, 3.63) is 0 Å². The highest BCUT2D eigenvalue weighted by Gasteiger charge is 2.34. The molecule has 0 aromatic rings. The van der Waals surface area contributed by atoms with Crippen molar-refractivity contribution in [2.75, 3.05) is 18.1 Å². The van der Waals surface area contributed by atoms with Gasteiger partial charge in [0.25, 0.3) is 0 Å². The number of rotatable bonds is 6. The highest BCUT2D eigenvalue weighted by Crippen LogP contribution is 2.26. The second-order valence-corrected chi connectivity index (χ2v) is 7.50. The van der Waals surface area contributed by atoms with Gasteiger partial charge < -0.3 is 10.6 Å². The van der Waals surface area contributed by atoms with E-state index in [-0.39, 0.29) is 17.7 Å². The van der Waals surface area contributed by atoms with Crippen molar-refractivity contribution in [1.29, 1.82) is 0 Å². The van der Waals surface area contributed by atoms with E-state index in [2.05, 4.69) is 0 Å². The fourth-order valence-corrected chi connectivity index (χ4v) is 3.69. The minimum Gasteiger partial charge on any atom is -0.339 e. The summed E-state index contributed by atoms with van der Waals surface area (Å²) in [5, 5.41) is 0. The van der Waals surface area contributed by atoms with Crippen LogP contribution >= 0.6 is 0 Å². The van der Waals surface area contributed by atoms with E-state index in [0.717, 1.165) is 12.8 Å². The number of hydrogen-bond acceptors (Lipinski definition) is 4. The minimum atomic E-state index is -3.42. The lowest BCUT2D eigenvalue weighted by Crippen LogP contribution is -2.44. The van der Waals surface area contributed by atoms with Crippen molar-refractivity contribution in [3.63, 3.8) is 0 Å². The van der Waals surface area contributed by atoms with Gasteiger partial charge in [-0.25, -0.2) is 8.42 Å². The SMILES string of the molecule is CCN(C(=O)CS(=O)(=O)CC(C)(C)N)C1CC1. The molecular weight excluding hydrogens is 240 g/mol. The van der Waals surface area contributed by atoms with Crippen LogP contribution in [-0.4, -0.2) is 48.9 Å². The van der Waals surface area contributed by atoms with E-state index < -0.39 is 21.1 Å². The second-order valence-electron chi connectivity index (χ2n) is 5.43. The van der Waals surface area contributed by atoms with Crippen molar-refractivity contribution >= 4 is 15.7 Å². The Balaban J connectivity index is 2.60. The number of nitrogens with zero attached hydrogens (tertiary/aromatic N) is 1. The third-order valence-corrected chi connectivity index (χ3v) is 4.45. The molecule has 1 aliphatic rings. The van der Waals surface area contributed by atoms with E-state index in [9.17, 15) is 13.2 Å². The highest BCUT2D eigenvalue weighted by atomic mass is 32.2. The van der Waals surface area contributed by atoms with Gasteiger partial charge in [-0.05, 0) is 33.6 Å². The number of nitrogens with two attached hydrogens (primary N) is 1. The Hall–Kier alpha value is -0.620. The largest absolute Gasteiger partial charge is 0.339 e. The summed E-state index contributed by atoms with van der Waals surface area (Å²) in [7, 11) is -3.42.